The Bertz CT molecular complexity index is 2830. The molecular formula is C47H29N3O. The number of para-hydroxylation sites is 2. The lowest BCUT2D eigenvalue weighted by atomic mass is 9.95. The largest absolute Gasteiger partial charge is 0.455 e. The average Bonchev–Trinajstić information content (AvgIpc) is 3.61. The van der Waals surface area contributed by atoms with E-state index in [-0.39, 0.29) is 0 Å². The summed E-state index contributed by atoms with van der Waals surface area (Å²) in [4.78, 5) is 15.6. The zero-order valence-corrected chi connectivity index (χ0v) is 27.5. The molecule has 238 valence electrons. The minimum Gasteiger partial charge on any atom is -0.455 e. The standard InChI is InChI=1S/C47H29N3O/c1-3-14-32(15-4-1)40-29-41(33-16-5-2-6-17-33)49-47(48-40)34-27-25-31(26-28-34)36-21-12-23-39-44(36)50-45(37-22-11-18-30-13-7-8-19-35(30)37)43-38-20-9-10-24-42(38)51-46(39)43/h1-29H. The van der Waals surface area contributed by atoms with Crippen LogP contribution in [0, 0.1) is 0 Å². The molecule has 7 aromatic carbocycles. The number of pyridine rings is 1. The van der Waals surface area contributed by atoms with Gasteiger partial charge in [-0.25, -0.2) is 15.0 Å². The van der Waals surface area contributed by atoms with E-state index >= 15 is 0 Å². The number of hydrogen-bond acceptors (Lipinski definition) is 4. The van der Waals surface area contributed by atoms with E-state index in [1.54, 1.807) is 0 Å². The van der Waals surface area contributed by atoms with Crippen LogP contribution in [0.3, 0.4) is 0 Å². The Morgan fingerprint density at radius 3 is 1.71 bits per heavy atom. The highest BCUT2D eigenvalue weighted by molar-refractivity contribution is 6.22. The average molecular weight is 652 g/mol. The molecule has 0 saturated heterocycles. The van der Waals surface area contributed by atoms with Gasteiger partial charge in [0.1, 0.15) is 11.2 Å². The Morgan fingerprint density at radius 2 is 0.961 bits per heavy atom. The Balaban J connectivity index is 1.15. The van der Waals surface area contributed by atoms with Crippen LogP contribution in [0.5, 0.6) is 0 Å². The smallest absolute Gasteiger partial charge is 0.160 e. The van der Waals surface area contributed by atoms with E-state index in [1.165, 1.54) is 5.39 Å². The molecule has 0 aliphatic carbocycles. The summed E-state index contributed by atoms with van der Waals surface area (Å²) in [6.07, 6.45) is 0. The van der Waals surface area contributed by atoms with Crippen LogP contribution >= 0.6 is 0 Å². The van der Waals surface area contributed by atoms with Gasteiger partial charge in [0.2, 0.25) is 0 Å². The predicted octanol–water partition coefficient (Wildman–Crippen LogP) is 12.4. The molecule has 0 atom stereocenters. The topological polar surface area (TPSA) is 51.8 Å². The number of rotatable bonds is 5. The molecule has 0 aliphatic rings. The van der Waals surface area contributed by atoms with Crippen LogP contribution in [-0.4, -0.2) is 15.0 Å². The molecule has 10 aromatic rings. The van der Waals surface area contributed by atoms with Crippen LogP contribution in [0.4, 0.5) is 0 Å². The van der Waals surface area contributed by atoms with E-state index in [0.29, 0.717) is 5.82 Å². The molecule has 0 radical (unpaired) electrons. The van der Waals surface area contributed by atoms with Crippen molar-refractivity contribution in [2.45, 2.75) is 0 Å². The van der Waals surface area contributed by atoms with E-state index in [9.17, 15) is 0 Å². The molecule has 0 unspecified atom stereocenters. The first-order chi connectivity index (χ1) is 25.3. The second kappa shape index (κ2) is 11.9. The number of aromatic nitrogens is 3. The van der Waals surface area contributed by atoms with Crippen molar-refractivity contribution in [1.82, 2.24) is 15.0 Å². The number of benzene rings is 7. The Morgan fingerprint density at radius 1 is 0.392 bits per heavy atom. The monoisotopic (exact) mass is 651 g/mol. The first-order valence-corrected chi connectivity index (χ1v) is 17.1. The summed E-state index contributed by atoms with van der Waals surface area (Å²) in [5.74, 6) is 0.681. The van der Waals surface area contributed by atoms with Gasteiger partial charge < -0.3 is 4.42 Å². The molecule has 4 nitrogen and oxygen atoms in total. The van der Waals surface area contributed by atoms with Crippen LogP contribution < -0.4 is 0 Å². The lowest BCUT2D eigenvalue weighted by Gasteiger charge is -2.13. The summed E-state index contributed by atoms with van der Waals surface area (Å²) >= 11 is 0. The van der Waals surface area contributed by atoms with Crippen molar-refractivity contribution in [3.63, 3.8) is 0 Å². The van der Waals surface area contributed by atoms with Gasteiger partial charge in [-0.15, -0.1) is 0 Å². The van der Waals surface area contributed by atoms with Crippen molar-refractivity contribution in [1.29, 1.82) is 0 Å². The van der Waals surface area contributed by atoms with Crippen LogP contribution in [0.15, 0.2) is 180 Å². The first kappa shape index (κ1) is 29.0. The molecule has 51 heavy (non-hydrogen) atoms. The first-order valence-electron chi connectivity index (χ1n) is 17.1. The minimum absolute atomic E-state index is 0.681. The van der Waals surface area contributed by atoms with E-state index in [0.717, 1.165) is 88.7 Å². The second-order valence-electron chi connectivity index (χ2n) is 12.8. The maximum atomic E-state index is 6.65. The molecule has 0 fully saturated rings. The molecule has 0 aliphatic heterocycles. The zero-order chi connectivity index (χ0) is 33.7. The fourth-order valence-corrected chi connectivity index (χ4v) is 7.23. The van der Waals surface area contributed by atoms with Gasteiger partial charge in [-0.2, -0.15) is 0 Å². The van der Waals surface area contributed by atoms with Crippen molar-refractivity contribution < 1.29 is 4.42 Å². The molecule has 0 spiro atoms. The maximum absolute atomic E-state index is 6.65. The SMILES string of the molecule is c1ccc(-c2cc(-c3ccccc3)nc(-c3ccc(-c4cccc5c4nc(-c4cccc6ccccc46)c4c6ccccc6oc54)cc3)n2)cc1. The Kier molecular flexibility index (Phi) is 6.78. The van der Waals surface area contributed by atoms with Crippen LogP contribution in [0.25, 0.3) is 99.9 Å². The van der Waals surface area contributed by atoms with Crippen LogP contribution in [0.2, 0.25) is 0 Å². The van der Waals surface area contributed by atoms with Crippen LogP contribution in [0.1, 0.15) is 0 Å². The third kappa shape index (κ3) is 4.96. The van der Waals surface area contributed by atoms with E-state index < -0.39 is 0 Å². The summed E-state index contributed by atoms with van der Waals surface area (Å²) in [5, 5.41) is 5.42. The second-order valence-corrected chi connectivity index (χ2v) is 12.8. The molecule has 4 heteroatoms. The van der Waals surface area contributed by atoms with Crippen molar-refractivity contribution in [3.05, 3.63) is 176 Å². The summed E-state index contributed by atoms with van der Waals surface area (Å²) in [6, 6.07) is 60.7. The fourth-order valence-electron chi connectivity index (χ4n) is 7.23. The quantitative estimate of drug-likeness (QED) is 0.186. The van der Waals surface area contributed by atoms with E-state index in [1.807, 2.05) is 48.5 Å². The third-order valence-corrected chi connectivity index (χ3v) is 9.70. The van der Waals surface area contributed by atoms with Gasteiger partial charge in [0.15, 0.2) is 5.82 Å². The zero-order valence-electron chi connectivity index (χ0n) is 27.5. The van der Waals surface area contributed by atoms with Gasteiger partial charge in [-0.3, -0.25) is 0 Å². The highest BCUT2D eigenvalue weighted by atomic mass is 16.3. The van der Waals surface area contributed by atoms with Gasteiger partial charge in [0.05, 0.1) is 28.0 Å². The van der Waals surface area contributed by atoms with Gasteiger partial charge in [-0.1, -0.05) is 158 Å². The molecular weight excluding hydrogens is 623 g/mol. The number of fused-ring (bicyclic) bond motifs is 6. The summed E-state index contributed by atoms with van der Waals surface area (Å²) in [7, 11) is 0. The summed E-state index contributed by atoms with van der Waals surface area (Å²) < 4.78 is 6.65. The normalized spacial score (nSPS) is 11.5. The summed E-state index contributed by atoms with van der Waals surface area (Å²) in [5.41, 5.74) is 11.5. The van der Waals surface area contributed by atoms with E-state index in [4.69, 9.17) is 19.4 Å². The maximum Gasteiger partial charge on any atom is 0.160 e. The third-order valence-electron chi connectivity index (χ3n) is 9.70. The molecule has 3 aromatic heterocycles. The van der Waals surface area contributed by atoms with Crippen molar-refractivity contribution >= 4 is 43.6 Å². The van der Waals surface area contributed by atoms with Gasteiger partial charge in [0.25, 0.3) is 0 Å². The number of hydrogen-bond donors (Lipinski definition) is 0. The summed E-state index contributed by atoms with van der Waals surface area (Å²) in [6.45, 7) is 0. The van der Waals surface area contributed by atoms with E-state index in [2.05, 4.69) is 127 Å². The highest BCUT2D eigenvalue weighted by Gasteiger charge is 2.21. The van der Waals surface area contributed by atoms with Gasteiger partial charge in [-0.05, 0) is 34.5 Å². The van der Waals surface area contributed by atoms with Crippen LogP contribution in [-0.2, 0) is 0 Å². The Hall–Kier alpha value is -6.91. The fraction of sp³-hybridized carbons (Fsp3) is 0. The lowest BCUT2D eigenvalue weighted by molar-refractivity contribution is 0.672. The molecule has 10 rings (SSSR count). The molecule has 0 bridgehead atoms. The lowest BCUT2D eigenvalue weighted by Crippen LogP contribution is -1.96. The molecule has 3 heterocycles. The van der Waals surface area contributed by atoms with Crippen molar-refractivity contribution in [2.75, 3.05) is 0 Å². The van der Waals surface area contributed by atoms with Crippen molar-refractivity contribution in [2.24, 2.45) is 0 Å². The van der Waals surface area contributed by atoms with Crippen molar-refractivity contribution in [3.8, 4) is 56.3 Å². The number of nitrogens with zero attached hydrogens (tertiary/aromatic N) is 3. The highest BCUT2D eigenvalue weighted by Crippen LogP contribution is 2.43. The molecule has 0 saturated carbocycles. The predicted molar refractivity (Wildman–Crippen MR) is 209 cm³/mol. The number of furan rings is 1. The van der Waals surface area contributed by atoms with Gasteiger partial charge in [0, 0.05) is 38.6 Å². The Labute approximate surface area is 294 Å². The molecule has 0 N–H and O–H groups in total. The molecule has 0 amide bonds. The minimum atomic E-state index is 0.681. The van der Waals surface area contributed by atoms with Gasteiger partial charge >= 0.3 is 0 Å².